The molecule has 2 rings (SSSR count). The summed E-state index contributed by atoms with van der Waals surface area (Å²) < 4.78 is 7.48. The molecule has 1 aromatic heterocycles. The van der Waals surface area contributed by atoms with Crippen LogP contribution in [0.5, 0.6) is 0 Å². The maximum atomic E-state index is 6.16. The standard InChI is InChI=1S/C11H15ClN2O/c1-4-9-11(15-3)13(2)7-8-5-6-10(12)14(8)9/h5-6H,4,7H2,1-3H3. The Morgan fingerprint density at radius 1 is 1.47 bits per heavy atom. The second-order valence-electron chi connectivity index (χ2n) is 3.65. The van der Waals surface area contributed by atoms with Crippen molar-refractivity contribution < 1.29 is 4.74 Å². The van der Waals surface area contributed by atoms with E-state index in [1.54, 1.807) is 7.11 Å². The molecule has 0 bridgehead atoms. The lowest BCUT2D eigenvalue weighted by Crippen LogP contribution is -2.27. The van der Waals surface area contributed by atoms with Crippen molar-refractivity contribution in [3.8, 4) is 0 Å². The number of halogens is 1. The summed E-state index contributed by atoms with van der Waals surface area (Å²) in [6.45, 7) is 2.94. The van der Waals surface area contributed by atoms with Gasteiger partial charge in [0.2, 0.25) is 5.88 Å². The quantitative estimate of drug-likeness (QED) is 0.772. The number of methoxy groups -OCH3 is 1. The second kappa shape index (κ2) is 3.81. The van der Waals surface area contributed by atoms with Gasteiger partial charge in [0.25, 0.3) is 0 Å². The van der Waals surface area contributed by atoms with E-state index in [9.17, 15) is 0 Å². The lowest BCUT2D eigenvalue weighted by molar-refractivity contribution is 0.161. The number of ether oxygens (including phenoxy) is 1. The van der Waals surface area contributed by atoms with Crippen LogP contribution in [0.15, 0.2) is 18.0 Å². The Morgan fingerprint density at radius 3 is 2.80 bits per heavy atom. The van der Waals surface area contributed by atoms with E-state index in [-0.39, 0.29) is 0 Å². The first-order valence-corrected chi connectivity index (χ1v) is 5.41. The number of rotatable bonds is 2. The minimum Gasteiger partial charge on any atom is -0.481 e. The van der Waals surface area contributed by atoms with E-state index in [0.29, 0.717) is 0 Å². The first-order valence-electron chi connectivity index (χ1n) is 5.03. The van der Waals surface area contributed by atoms with Gasteiger partial charge in [0, 0.05) is 12.7 Å². The minimum atomic E-state index is 0.754. The van der Waals surface area contributed by atoms with Crippen LogP contribution in [0.2, 0.25) is 5.15 Å². The van der Waals surface area contributed by atoms with Crippen LogP contribution < -0.4 is 0 Å². The fourth-order valence-corrected chi connectivity index (χ4v) is 2.36. The largest absolute Gasteiger partial charge is 0.481 e. The van der Waals surface area contributed by atoms with E-state index in [1.807, 2.05) is 13.1 Å². The van der Waals surface area contributed by atoms with E-state index in [4.69, 9.17) is 16.3 Å². The van der Waals surface area contributed by atoms with Crippen LogP contribution in [-0.4, -0.2) is 23.6 Å². The summed E-state index contributed by atoms with van der Waals surface area (Å²) in [4.78, 5) is 2.10. The second-order valence-corrected chi connectivity index (χ2v) is 4.04. The SMILES string of the molecule is CCC1=C(OC)N(C)Cc2ccc(Cl)n21. The summed E-state index contributed by atoms with van der Waals surface area (Å²) in [5.41, 5.74) is 2.33. The zero-order valence-corrected chi connectivity index (χ0v) is 10.0. The van der Waals surface area contributed by atoms with Crippen LogP contribution in [0.25, 0.3) is 5.70 Å². The number of hydrogen-bond acceptors (Lipinski definition) is 2. The Labute approximate surface area is 94.9 Å². The third-order valence-corrected chi connectivity index (χ3v) is 3.00. The zero-order valence-electron chi connectivity index (χ0n) is 9.25. The van der Waals surface area contributed by atoms with E-state index in [2.05, 4.69) is 22.5 Å². The molecule has 1 aliphatic rings. The minimum absolute atomic E-state index is 0.754. The summed E-state index contributed by atoms with van der Waals surface area (Å²) in [5.74, 6) is 0.906. The van der Waals surface area contributed by atoms with E-state index in [1.165, 1.54) is 5.69 Å². The summed E-state index contributed by atoms with van der Waals surface area (Å²) in [5, 5.41) is 0.754. The van der Waals surface area contributed by atoms with Crippen LogP contribution in [0, 0.1) is 0 Å². The molecule has 4 heteroatoms. The molecule has 0 aliphatic carbocycles. The molecule has 0 saturated carbocycles. The van der Waals surface area contributed by atoms with Crippen LogP contribution in [0.4, 0.5) is 0 Å². The molecule has 0 amide bonds. The summed E-state index contributed by atoms with van der Waals surface area (Å²) in [7, 11) is 3.72. The predicted octanol–water partition coefficient (Wildman–Crippen LogP) is 2.77. The summed E-state index contributed by atoms with van der Waals surface area (Å²) in [6, 6.07) is 3.99. The fourth-order valence-electron chi connectivity index (χ4n) is 2.09. The van der Waals surface area contributed by atoms with Crippen molar-refractivity contribution in [3.05, 3.63) is 28.9 Å². The Kier molecular flexibility index (Phi) is 2.65. The molecule has 0 unspecified atom stereocenters. The van der Waals surface area contributed by atoms with Gasteiger partial charge in [-0.25, -0.2) is 0 Å². The van der Waals surface area contributed by atoms with Crippen molar-refractivity contribution in [2.45, 2.75) is 19.9 Å². The maximum Gasteiger partial charge on any atom is 0.209 e. The lowest BCUT2D eigenvalue weighted by Gasteiger charge is -2.30. The normalized spacial score (nSPS) is 15.6. The van der Waals surface area contributed by atoms with Crippen LogP contribution in [-0.2, 0) is 11.3 Å². The highest BCUT2D eigenvalue weighted by molar-refractivity contribution is 6.30. The molecule has 0 radical (unpaired) electrons. The highest BCUT2D eigenvalue weighted by atomic mass is 35.5. The number of hydrogen-bond donors (Lipinski definition) is 0. The van der Waals surface area contributed by atoms with Gasteiger partial charge in [-0.05, 0) is 18.6 Å². The molecule has 0 fully saturated rings. The first-order chi connectivity index (χ1) is 7.19. The summed E-state index contributed by atoms with van der Waals surface area (Å²) >= 11 is 6.16. The maximum absolute atomic E-state index is 6.16. The third kappa shape index (κ3) is 1.51. The Bertz CT molecular complexity index is 409. The van der Waals surface area contributed by atoms with Crippen molar-refractivity contribution in [3.63, 3.8) is 0 Å². The van der Waals surface area contributed by atoms with Gasteiger partial charge in [-0.15, -0.1) is 0 Å². The van der Waals surface area contributed by atoms with Crippen LogP contribution in [0.3, 0.4) is 0 Å². The molecule has 1 aliphatic heterocycles. The first kappa shape index (κ1) is 10.4. The van der Waals surface area contributed by atoms with Crippen LogP contribution in [0.1, 0.15) is 19.0 Å². The van der Waals surface area contributed by atoms with E-state index in [0.717, 1.165) is 29.7 Å². The molecule has 0 saturated heterocycles. The topological polar surface area (TPSA) is 17.4 Å². The van der Waals surface area contributed by atoms with E-state index >= 15 is 0 Å². The van der Waals surface area contributed by atoms with Gasteiger partial charge in [-0.2, -0.15) is 0 Å². The van der Waals surface area contributed by atoms with Crippen molar-refractivity contribution in [1.82, 2.24) is 9.47 Å². The average molecular weight is 227 g/mol. The van der Waals surface area contributed by atoms with Crippen molar-refractivity contribution in [2.75, 3.05) is 14.2 Å². The van der Waals surface area contributed by atoms with Gasteiger partial charge in [-0.1, -0.05) is 18.5 Å². The molecule has 0 spiro atoms. The number of allylic oxidation sites excluding steroid dienone is 1. The zero-order chi connectivity index (χ0) is 11.0. The van der Waals surface area contributed by atoms with Crippen molar-refractivity contribution in [1.29, 1.82) is 0 Å². The highest BCUT2D eigenvalue weighted by Crippen LogP contribution is 2.31. The van der Waals surface area contributed by atoms with Gasteiger partial charge < -0.3 is 14.2 Å². The van der Waals surface area contributed by atoms with Gasteiger partial charge >= 0.3 is 0 Å². The smallest absolute Gasteiger partial charge is 0.209 e. The van der Waals surface area contributed by atoms with Gasteiger partial charge in [0.15, 0.2) is 0 Å². The molecular formula is C11H15ClN2O. The number of nitrogens with zero attached hydrogens (tertiary/aromatic N) is 2. The fraction of sp³-hybridized carbons (Fsp3) is 0.455. The Hall–Kier alpha value is -1.09. The predicted molar refractivity (Wildman–Crippen MR) is 61.4 cm³/mol. The molecule has 3 nitrogen and oxygen atoms in total. The molecular weight excluding hydrogens is 212 g/mol. The highest BCUT2D eigenvalue weighted by Gasteiger charge is 2.23. The monoisotopic (exact) mass is 226 g/mol. The molecule has 1 aromatic rings. The number of fused-ring (bicyclic) bond motifs is 1. The van der Waals surface area contributed by atoms with E-state index < -0.39 is 0 Å². The lowest BCUT2D eigenvalue weighted by atomic mass is 10.2. The Balaban J connectivity index is 2.60. The third-order valence-electron chi connectivity index (χ3n) is 2.70. The molecule has 2 heterocycles. The molecule has 0 N–H and O–H groups in total. The number of aromatic nitrogens is 1. The van der Waals surface area contributed by atoms with Crippen molar-refractivity contribution >= 4 is 17.3 Å². The van der Waals surface area contributed by atoms with Gasteiger partial charge in [-0.3, -0.25) is 0 Å². The molecule has 82 valence electrons. The van der Waals surface area contributed by atoms with Crippen LogP contribution >= 0.6 is 11.6 Å². The van der Waals surface area contributed by atoms with Crippen molar-refractivity contribution in [2.24, 2.45) is 0 Å². The molecule has 15 heavy (non-hydrogen) atoms. The molecule has 0 aromatic carbocycles. The average Bonchev–Trinajstić information content (AvgIpc) is 2.58. The van der Waals surface area contributed by atoms with Gasteiger partial charge in [0.05, 0.1) is 19.4 Å². The Morgan fingerprint density at radius 2 is 2.20 bits per heavy atom. The molecule has 0 atom stereocenters. The van der Waals surface area contributed by atoms with Gasteiger partial charge in [0.1, 0.15) is 5.15 Å². The summed E-state index contributed by atoms with van der Waals surface area (Å²) in [6.07, 6.45) is 0.898.